The number of hydrogen-bond acceptors (Lipinski definition) is 6. The zero-order valence-electron chi connectivity index (χ0n) is 15.6. The number of benzene rings is 1. The minimum atomic E-state index is -0.223. The highest BCUT2D eigenvalue weighted by molar-refractivity contribution is 5.86. The van der Waals surface area contributed by atoms with Crippen LogP contribution in [0.1, 0.15) is 12.8 Å². The van der Waals surface area contributed by atoms with Crippen LogP contribution in [0.4, 0.5) is 5.82 Å². The van der Waals surface area contributed by atoms with Gasteiger partial charge in [0.1, 0.15) is 0 Å². The van der Waals surface area contributed by atoms with E-state index in [0.717, 1.165) is 59.6 Å². The monoisotopic (exact) mass is 375 g/mol. The molecule has 1 N–H and O–H groups in total. The quantitative estimate of drug-likeness (QED) is 0.593. The SMILES string of the molecule is COc1nc2ccccc2cc1-c1cnc2c(N3CCC(O)CC3)nccn12. The van der Waals surface area contributed by atoms with Crippen molar-refractivity contribution in [3.05, 3.63) is 48.9 Å². The molecule has 0 amide bonds. The molecule has 3 aromatic heterocycles. The molecule has 1 aliphatic rings. The Labute approximate surface area is 162 Å². The van der Waals surface area contributed by atoms with Gasteiger partial charge in [-0.2, -0.15) is 0 Å². The topological polar surface area (TPSA) is 75.8 Å². The summed E-state index contributed by atoms with van der Waals surface area (Å²) in [6, 6.07) is 10.1. The van der Waals surface area contributed by atoms with E-state index in [-0.39, 0.29) is 6.10 Å². The first-order valence-corrected chi connectivity index (χ1v) is 9.44. The largest absolute Gasteiger partial charge is 0.480 e. The van der Waals surface area contributed by atoms with Crippen LogP contribution in [0.5, 0.6) is 5.88 Å². The average Bonchev–Trinajstić information content (AvgIpc) is 3.17. The molecule has 1 fully saturated rings. The summed E-state index contributed by atoms with van der Waals surface area (Å²) in [5.41, 5.74) is 3.49. The van der Waals surface area contributed by atoms with Gasteiger partial charge in [-0.1, -0.05) is 18.2 Å². The van der Waals surface area contributed by atoms with E-state index in [0.29, 0.717) is 5.88 Å². The molecule has 7 heteroatoms. The van der Waals surface area contributed by atoms with Crippen LogP contribution < -0.4 is 9.64 Å². The first kappa shape index (κ1) is 16.9. The molecule has 4 aromatic rings. The summed E-state index contributed by atoms with van der Waals surface area (Å²) in [5, 5.41) is 10.8. The van der Waals surface area contributed by atoms with Crippen molar-refractivity contribution in [3.8, 4) is 17.1 Å². The normalized spacial score (nSPS) is 15.4. The highest BCUT2D eigenvalue weighted by Gasteiger charge is 2.22. The molecule has 0 unspecified atom stereocenters. The molecule has 1 aliphatic heterocycles. The maximum Gasteiger partial charge on any atom is 0.223 e. The van der Waals surface area contributed by atoms with Crippen molar-refractivity contribution in [3.63, 3.8) is 0 Å². The Morgan fingerprint density at radius 3 is 2.79 bits per heavy atom. The van der Waals surface area contributed by atoms with Gasteiger partial charge >= 0.3 is 0 Å². The number of aromatic nitrogens is 4. The third-order valence-electron chi connectivity index (χ3n) is 5.33. The Kier molecular flexibility index (Phi) is 4.09. The van der Waals surface area contributed by atoms with E-state index in [1.165, 1.54) is 0 Å². The van der Waals surface area contributed by atoms with Crippen LogP contribution in [0.25, 0.3) is 27.8 Å². The molecule has 1 aromatic carbocycles. The fourth-order valence-corrected chi connectivity index (χ4v) is 3.84. The summed E-state index contributed by atoms with van der Waals surface area (Å²) in [4.78, 5) is 16.1. The van der Waals surface area contributed by atoms with Gasteiger partial charge in [0.25, 0.3) is 0 Å². The molecule has 0 atom stereocenters. The third kappa shape index (κ3) is 2.75. The van der Waals surface area contributed by atoms with Crippen LogP contribution >= 0.6 is 0 Å². The summed E-state index contributed by atoms with van der Waals surface area (Å²) in [6.45, 7) is 1.55. The summed E-state index contributed by atoms with van der Waals surface area (Å²) in [6.07, 6.45) is 6.82. The summed E-state index contributed by atoms with van der Waals surface area (Å²) in [5.74, 6) is 1.41. The van der Waals surface area contributed by atoms with Gasteiger partial charge in [0, 0.05) is 30.9 Å². The number of aliphatic hydroxyl groups is 1. The fourth-order valence-electron chi connectivity index (χ4n) is 3.84. The average molecular weight is 375 g/mol. The predicted molar refractivity (Wildman–Crippen MR) is 108 cm³/mol. The van der Waals surface area contributed by atoms with Crippen molar-refractivity contribution in [1.82, 2.24) is 19.4 Å². The van der Waals surface area contributed by atoms with E-state index in [1.807, 2.05) is 41.1 Å². The second-order valence-corrected chi connectivity index (χ2v) is 7.04. The lowest BCUT2D eigenvalue weighted by Crippen LogP contribution is -2.36. The van der Waals surface area contributed by atoms with Crippen LogP contribution in [0.3, 0.4) is 0 Å². The van der Waals surface area contributed by atoms with E-state index in [2.05, 4.69) is 25.9 Å². The lowest BCUT2D eigenvalue weighted by Gasteiger charge is -2.30. The van der Waals surface area contributed by atoms with Gasteiger partial charge in [0.2, 0.25) is 5.88 Å². The maximum absolute atomic E-state index is 9.80. The number of rotatable bonds is 3. The Morgan fingerprint density at radius 1 is 1.14 bits per heavy atom. The van der Waals surface area contributed by atoms with E-state index in [4.69, 9.17) is 4.74 Å². The summed E-state index contributed by atoms with van der Waals surface area (Å²) >= 11 is 0. The van der Waals surface area contributed by atoms with E-state index < -0.39 is 0 Å². The number of methoxy groups -OCH3 is 1. The van der Waals surface area contributed by atoms with Gasteiger partial charge in [-0.05, 0) is 25.0 Å². The second-order valence-electron chi connectivity index (χ2n) is 7.04. The smallest absolute Gasteiger partial charge is 0.223 e. The van der Waals surface area contributed by atoms with Crippen LogP contribution in [0, 0.1) is 0 Å². The molecule has 5 rings (SSSR count). The highest BCUT2D eigenvalue weighted by Crippen LogP contribution is 2.33. The van der Waals surface area contributed by atoms with Crippen molar-refractivity contribution >= 4 is 22.4 Å². The number of hydrogen-bond donors (Lipinski definition) is 1. The van der Waals surface area contributed by atoms with E-state index >= 15 is 0 Å². The van der Waals surface area contributed by atoms with Crippen molar-refractivity contribution in [2.75, 3.05) is 25.1 Å². The zero-order valence-corrected chi connectivity index (χ0v) is 15.6. The first-order chi connectivity index (χ1) is 13.7. The number of fused-ring (bicyclic) bond motifs is 2. The minimum absolute atomic E-state index is 0.223. The lowest BCUT2D eigenvalue weighted by atomic mass is 10.1. The van der Waals surface area contributed by atoms with Gasteiger partial charge in [-0.25, -0.2) is 15.0 Å². The van der Waals surface area contributed by atoms with Gasteiger partial charge in [0.05, 0.1) is 36.2 Å². The molecular weight excluding hydrogens is 354 g/mol. The second kappa shape index (κ2) is 6.76. The maximum atomic E-state index is 9.80. The number of nitrogens with zero attached hydrogens (tertiary/aromatic N) is 5. The molecular formula is C21H21N5O2. The van der Waals surface area contributed by atoms with E-state index in [9.17, 15) is 5.11 Å². The molecule has 28 heavy (non-hydrogen) atoms. The van der Waals surface area contributed by atoms with Crippen molar-refractivity contribution in [1.29, 1.82) is 0 Å². The van der Waals surface area contributed by atoms with Crippen LogP contribution in [-0.2, 0) is 0 Å². The molecule has 0 radical (unpaired) electrons. The molecule has 0 bridgehead atoms. The van der Waals surface area contributed by atoms with Crippen LogP contribution in [0.2, 0.25) is 0 Å². The number of ether oxygens (including phenoxy) is 1. The molecule has 4 heterocycles. The van der Waals surface area contributed by atoms with Crippen LogP contribution in [0.15, 0.2) is 48.9 Å². The molecule has 0 aliphatic carbocycles. The molecule has 7 nitrogen and oxygen atoms in total. The zero-order chi connectivity index (χ0) is 19.1. The Balaban J connectivity index is 1.65. The third-order valence-corrected chi connectivity index (χ3v) is 5.33. The lowest BCUT2D eigenvalue weighted by molar-refractivity contribution is 0.145. The first-order valence-electron chi connectivity index (χ1n) is 9.44. The van der Waals surface area contributed by atoms with Crippen LogP contribution in [-0.4, -0.2) is 50.8 Å². The number of anilines is 1. The number of pyridine rings is 1. The van der Waals surface area contributed by atoms with Crippen molar-refractivity contribution < 1.29 is 9.84 Å². The number of para-hydroxylation sites is 1. The molecule has 0 saturated carbocycles. The molecule has 1 saturated heterocycles. The number of aliphatic hydroxyl groups excluding tert-OH is 1. The summed E-state index contributed by atoms with van der Waals surface area (Å²) in [7, 11) is 1.63. The number of piperidine rings is 1. The Hall–Kier alpha value is -3.19. The standard InChI is InChI=1S/C21H21N5O2/c1-28-21-16(12-14-4-2-3-5-17(14)24-21)18-13-23-20-19(22-8-11-26(18)20)25-9-6-15(27)7-10-25/h2-5,8,11-13,15,27H,6-7,9-10H2,1H3. The fraction of sp³-hybridized carbons (Fsp3) is 0.286. The molecule has 142 valence electrons. The Morgan fingerprint density at radius 2 is 1.96 bits per heavy atom. The molecule has 0 spiro atoms. The predicted octanol–water partition coefficient (Wildman–Crippen LogP) is 2.91. The van der Waals surface area contributed by atoms with Gasteiger partial charge in [-0.15, -0.1) is 0 Å². The Bertz CT molecular complexity index is 1150. The summed E-state index contributed by atoms with van der Waals surface area (Å²) < 4.78 is 7.61. The highest BCUT2D eigenvalue weighted by atomic mass is 16.5. The number of imidazole rings is 1. The van der Waals surface area contributed by atoms with Crippen molar-refractivity contribution in [2.45, 2.75) is 18.9 Å². The van der Waals surface area contributed by atoms with E-state index in [1.54, 1.807) is 13.3 Å². The van der Waals surface area contributed by atoms with Gasteiger partial charge in [0.15, 0.2) is 11.5 Å². The van der Waals surface area contributed by atoms with Crippen molar-refractivity contribution in [2.24, 2.45) is 0 Å². The van der Waals surface area contributed by atoms with Gasteiger partial charge < -0.3 is 14.7 Å². The minimum Gasteiger partial charge on any atom is -0.480 e. The van der Waals surface area contributed by atoms with Gasteiger partial charge in [-0.3, -0.25) is 4.40 Å².